The van der Waals surface area contributed by atoms with Crippen molar-refractivity contribution in [2.45, 2.75) is 37.9 Å². The van der Waals surface area contributed by atoms with Crippen molar-refractivity contribution in [3.63, 3.8) is 0 Å². The number of carboxylic acid groups (broad SMARTS) is 1. The summed E-state index contributed by atoms with van der Waals surface area (Å²) in [6, 6.07) is 0. The van der Waals surface area contributed by atoms with Gasteiger partial charge in [0.2, 0.25) is 11.0 Å². The molecule has 1 aliphatic heterocycles. The summed E-state index contributed by atoms with van der Waals surface area (Å²) >= 11 is 2.62. The van der Waals surface area contributed by atoms with Gasteiger partial charge in [-0.25, -0.2) is 4.98 Å². The van der Waals surface area contributed by atoms with Gasteiger partial charge in [0, 0.05) is 11.3 Å². The van der Waals surface area contributed by atoms with Crippen molar-refractivity contribution in [3.05, 3.63) is 11.1 Å². The quantitative estimate of drug-likeness (QED) is 0.876. The fourth-order valence-corrected chi connectivity index (χ4v) is 3.50. The van der Waals surface area contributed by atoms with Crippen molar-refractivity contribution in [2.75, 3.05) is 0 Å². The number of thiazole rings is 1. The number of aliphatic carboxylic acids is 1. The van der Waals surface area contributed by atoms with Gasteiger partial charge in [0.15, 0.2) is 5.17 Å². The second-order valence-corrected chi connectivity index (χ2v) is 6.28. The summed E-state index contributed by atoms with van der Waals surface area (Å²) in [6.45, 7) is 3.71. The molecular formula is C12H14N3O3S2-. The number of aliphatic imine (C=N–C) groups is 1. The predicted octanol–water partition coefficient (Wildman–Crippen LogP) is 1.02. The lowest BCUT2D eigenvalue weighted by Crippen LogP contribution is -2.29. The van der Waals surface area contributed by atoms with Crippen LogP contribution in [-0.4, -0.2) is 27.3 Å². The van der Waals surface area contributed by atoms with E-state index in [0.29, 0.717) is 22.4 Å². The zero-order chi connectivity index (χ0) is 14.7. The van der Waals surface area contributed by atoms with E-state index in [2.05, 4.69) is 15.3 Å². The molecule has 0 aliphatic carbocycles. The molecule has 6 nitrogen and oxygen atoms in total. The minimum absolute atomic E-state index is 0.0470. The second-order valence-electron chi connectivity index (χ2n) is 4.26. The normalized spacial score (nSPS) is 22.0. The molecule has 1 N–H and O–H groups in total. The number of rotatable bonds is 5. The topological polar surface area (TPSA) is 94.5 Å². The SMILES string of the molecule is CCC1SC(=Nc2nc(C(CC)C(=O)[O-])cs2)NC1=O. The summed E-state index contributed by atoms with van der Waals surface area (Å²) in [5, 5.41) is 16.2. The lowest BCUT2D eigenvalue weighted by molar-refractivity contribution is -0.308. The average molecular weight is 312 g/mol. The molecule has 1 aliphatic rings. The van der Waals surface area contributed by atoms with Crippen molar-refractivity contribution in [1.82, 2.24) is 10.3 Å². The number of nitrogens with one attached hydrogen (secondary N) is 1. The van der Waals surface area contributed by atoms with Gasteiger partial charge in [-0.2, -0.15) is 4.99 Å². The third kappa shape index (κ3) is 3.18. The van der Waals surface area contributed by atoms with Gasteiger partial charge in [-0.3, -0.25) is 4.79 Å². The molecule has 0 aromatic carbocycles. The molecule has 0 radical (unpaired) electrons. The highest BCUT2D eigenvalue weighted by Crippen LogP contribution is 2.29. The number of thioether (sulfide) groups is 1. The number of nitrogens with zero attached hydrogens (tertiary/aromatic N) is 2. The van der Waals surface area contributed by atoms with Crippen LogP contribution in [0.1, 0.15) is 38.3 Å². The fraction of sp³-hybridized carbons (Fsp3) is 0.500. The number of carboxylic acids is 1. The summed E-state index contributed by atoms with van der Waals surface area (Å²) in [7, 11) is 0. The van der Waals surface area contributed by atoms with Crippen molar-refractivity contribution in [1.29, 1.82) is 0 Å². The maximum atomic E-state index is 11.5. The monoisotopic (exact) mass is 312 g/mol. The number of aromatic nitrogens is 1. The standard InChI is InChI=1S/C12H15N3O3S2/c1-3-6(10(17)18)7-5-19-11(13-7)15-12-14-9(16)8(4-2)20-12/h5-6,8H,3-4H2,1-2H3,(H,17,18)(H,13,14,15,16)/p-1. The van der Waals surface area contributed by atoms with Crippen molar-refractivity contribution in [2.24, 2.45) is 4.99 Å². The van der Waals surface area contributed by atoms with E-state index in [9.17, 15) is 14.7 Å². The molecule has 0 spiro atoms. The highest BCUT2D eigenvalue weighted by molar-refractivity contribution is 8.15. The Hall–Kier alpha value is -1.41. The van der Waals surface area contributed by atoms with Gasteiger partial charge in [-0.15, -0.1) is 11.3 Å². The molecule has 20 heavy (non-hydrogen) atoms. The van der Waals surface area contributed by atoms with E-state index in [-0.39, 0.29) is 11.2 Å². The van der Waals surface area contributed by atoms with E-state index in [0.717, 1.165) is 6.42 Å². The Labute approximate surface area is 124 Å². The summed E-state index contributed by atoms with van der Waals surface area (Å²) in [4.78, 5) is 30.9. The Kier molecular flexibility index (Phi) is 4.77. The highest BCUT2D eigenvalue weighted by atomic mass is 32.2. The van der Waals surface area contributed by atoms with Crippen LogP contribution in [-0.2, 0) is 9.59 Å². The Morgan fingerprint density at radius 2 is 2.35 bits per heavy atom. The molecular weight excluding hydrogens is 298 g/mol. The molecule has 2 unspecified atom stereocenters. The summed E-state index contributed by atoms with van der Waals surface area (Å²) in [5.41, 5.74) is 0.457. The van der Waals surface area contributed by atoms with Crippen LogP contribution in [0.25, 0.3) is 0 Å². The van der Waals surface area contributed by atoms with Gasteiger partial charge in [0.1, 0.15) is 0 Å². The smallest absolute Gasteiger partial charge is 0.239 e. The Morgan fingerprint density at radius 3 is 2.90 bits per heavy atom. The second kappa shape index (κ2) is 6.36. The molecule has 2 atom stereocenters. The number of carbonyl (C=O) groups is 2. The van der Waals surface area contributed by atoms with E-state index < -0.39 is 11.9 Å². The van der Waals surface area contributed by atoms with Gasteiger partial charge in [-0.1, -0.05) is 25.6 Å². The number of carbonyl (C=O) groups excluding carboxylic acids is 2. The first kappa shape index (κ1) is 15.0. The lowest BCUT2D eigenvalue weighted by Gasteiger charge is -2.12. The maximum absolute atomic E-state index is 11.5. The van der Waals surface area contributed by atoms with Crippen LogP contribution in [0.4, 0.5) is 5.13 Å². The third-order valence-corrected chi connectivity index (χ3v) is 4.91. The van der Waals surface area contributed by atoms with Crippen LogP contribution in [0.5, 0.6) is 0 Å². The fourth-order valence-electron chi connectivity index (χ4n) is 1.80. The molecule has 1 amide bonds. The van der Waals surface area contributed by atoms with Crippen LogP contribution in [0.15, 0.2) is 10.4 Å². The van der Waals surface area contributed by atoms with E-state index in [4.69, 9.17) is 0 Å². The first-order chi connectivity index (χ1) is 9.55. The maximum Gasteiger partial charge on any atom is 0.239 e. The number of amides is 1. The largest absolute Gasteiger partial charge is 0.549 e. The summed E-state index contributed by atoms with van der Waals surface area (Å²) < 4.78 is 0. The highest BCUT2D eigenvalue weighted by Gasteiger charge is 2.28. The van der Waals surface area contributed by atoms with Crippen molar-refractivity contribution in [3.8, 4) is 0 Å². The van der Waals surface area contributed by atoms with Crippen LogP contribution in [0.3, 0.4) is 0 Å². The Morgan fingerprint density at radius 1 is 1.60 bits per heavy atom. The third-order valence-electron chi connectivity index (χ3n) is 2.90. The minimum Gasteiger partial charge on any atom is -0.549 e. The number of hydrogen-bond donors (Lipinski definition) is 1. The van der Waals surface area contributed by atoms with Crippen LogP contribution >= 0.6 is 23.1 Å². The summed E-state index contributed by atoms with van der Waals surface area (Å²) in [6.07, 6.45) is 1.16. The molecule has 1 aromatic rings. The van der Waals surface area contributed by atoms with Crippen molar-refractivity contribution >= 4 is 45.3 Å². The average Bonchev–Trinajstić information content (AvgIpc) is 2.97. The predicted molar refractivity (Wildman–Crippen MR) is 77.1 cm³/mol. The molecule has 1 saturated heterocycles. The molecule has 1 fully saturated rings. The summed E-state index contributed by atoms with van der Waals surface area (Å²) in [5.74, 6) is -1.89. The zero-order valence-electron chi connectivity index (χ0n) is 11.1. The first-order valence-corrected chi connectivity index (χ1v) is 8.03. The Bertz CT molecular complexity index is 556. The first-order valence-electron chi connectivity index (χ1n) is 6.27. The molecule has 0 bridgehead atoms. The molecule has 1 aromatic heterocycles. The molecule has 8 heteroatoms. The molecule has 2 heterocycles. The number of hydrogen-bond acceptors (Lipinski definition) is 7. The van der Waals surface area contributed by atoms with E-state index in [1.165, 1.54) is 23.1 Å². The van der Waals surface area contributed by atoms with Crippen LogP contribution < -0.4 is 10.4 Å². The van der Waals surface area contributed by atoms with Gasteiger partial charge in [-0.05, 0) is 12.8 Å². The zero-order valence-corrected chi connectivity index (χ0v) is 12.7. The minimum atomic E-state index is -1.13. The Balaban J connectivity index is 2.14. The lowest BCUT2D eigenvalue weighted by atomic mass is 10.0. The molecule has 108 valence electrons. The molecule has 2 rings (SSSR count). The van der Waals surface area contributed by atoms with Gasteiger partial charge in [0.25, 0.3) is 0 Å². The van der Waals surface area contributed by atoms with Gasteiger partial charge in [0.05, 0.1) is 16.9 Å². The van der Waals surface area contributed by atoms with Crippen LogP contribution in [0, 0.1) is 0 Å². The van der Waals surface area contributed by atoms with E-state index >= 15 is 0 Å². The van der Waals surface area contributed by atoms with E-state index in [1.807, 2.05) is 6.92 Å². The van der Waals surface area contributed by atoms with Crippen LogP contribution in [0.2, 0.25) is 0 Å². The van der Waals surface area contributed by atoms with Gasteiger partial charge >= 0.3 is 0 Å². The number of amidine groups is 1. The van der Waals surface area contributed by atoms with Crippen molar-refractivity contribution < 1.29 is 14.7 Å². The van der Waals surface area contributed by atoms with Gasteiger partial charge < -0.3 is 15.2 Å². The molecule has 0 saturated carbocycles. The van der Waals surface area contributed by atoms with E-state index in [1.54, 1.807) is 12.3 Å².